The van der Waals surface area contributed by atoms with Crippen LogP contribution in [0, 0.1) is 5.92 Å². The Morgan fingerprint density at radius 2 is 2.12 bits per heavy atom. The molecule has 0 bridgehead atoms. The van der Waals surface area contributed by atoms with Crippen LogP contribution in [-0.2, 0) is 0 Å². The van der Waals surface area contributed by atoms with E-state index in [2.05, 4.69) is 48.0 Å². The molecule has 0 saturated heterocycles. The summed E-state index contributed by atoms with van der Waals surface area (Å²) >= 11 is 0. The SMILES string of the molecule is CCCNc1cncc(N(C)CCC(C)C)n1. The largest absolute Gasteiger partial charge is 0.369 e. The van der Waals surface area contributed by atoms with Gasteiger partial charge in [0.15, 0.2) is 0 Å². The summed E-state index contributed by atoms with van der Waals surface area (Å²) in [6.45, 7) is 8.56. The molecule has 17 heavy (non-hydrogen) atoms. The zero-order valence-electron chi connectivity index (χ0n) is 11.4. The van der Waals surface area contributed by atoms with Crippen LogP contribution in [-0.4, -0.2) is 30.1 Å². The van der Waals surface area contributed by atoms with E-state index in [9.17, 15) is 0 Å². The zero-order chi connectivity index (χ0) is 12.7. The van der Waals surface area contributed by atoms with Gasteiger partial charge in [0, 0.05) is 20.1 Å². The van der Waals surface area contributed by atoms with Gasteiger partial charge in [0.1, 0.15) is 11.6 Å². The van der Waals surface area contributed by atoms with E-state index < -0.39 is 0 Å². The van der Waals surface area contributed by atoms with E-state index in [1.54, 1.807) is 6.20 Å². The predicted molar refractivity (Wildman–Crippen MR) is 73.5 cm³/mol. The van der Waals surface area contributed by atoms with Crippen LogP contribution in [0.1, 0.15) is 33.6 Å². The monoisotopic (exact) mass is 236 g/mol. The molecule has 0 unspecified atom stereocenters. The third-order valence-electron chi connectivity index (χ3n) is 2.61. The Kier molecular flexibility index (Phi) is 5.73. The van der Waals surface area contributed by atoms with Crippen LogP contribution in [0.3, 0.4) is 0 Å². The van der Waals surface area contributed by atoms with Crippen molar-refractivity contribution in [3.63, 3.8) is 0 Å². The van der Waals surface area contributed by atoms with Crippen molar-refractivity contribution in [1.29, 1.82) is 0 Å². The summed E-state index contributed by atoms with van der Waals surface area (Å²) in [7, 11) is 2.07. The molecule has 0 spiro atoms. The topological polar surface area (TPSA) is 41.1 Å². The molecule has 0 aliphatic carbocycles. The van der Waals surface area contributed by atoms with Crippen molar-refractivity contribution >= 4 is 11.6 Å². The molecule has 1 heterocycles. The van der Waals surface area contributed by atoms with E-state index in [1.165, 1.54) is 6.42 Å². The minimum atomic E-state index is 0.715. The van der Waals surface area contributed by atoms with E-state index in [0.717, 1.165) is 31.1 Å². The van der Waals surface area contributed by atoms with Gasteiger partial charge < -0.3 is 10.2 Å². The number of anilines is 2. The van der Waals surface area contributed by atoms with Crippen molar-refractivity contribution in [2.45, 2.75) is 33.6 Å². The van der Waals surface area contributed by atoms with E-state index >= 15 is 0 Å². The molecule has 1 rings (SSSR count). The molecular formula is C13H24N4. The molecule has 0 saturated carbocycles. The van der Waals surface area contributed by atoms with Crippen LogP contribution in [0.4, 0.5) is 11.6 Å². The first-order valence-corrected chi connectivity index (χ1v) is 6.40. The molecule has 1 aromatic heterocycles. The second-order valence-electron chi connectivity index (χ2n) is 4.79. The Balaban J connectivity index is 2.57. The first kappa shape index (κ1) is 13.7. The third kappa shape index (κ3) is 5.02. The lowest BCUT2D eigenvalue weighted by atomic mass is 10.1. The van der Waals surface area contributed by atoms with Gasteiger partial charge in [0.05, 0.1) is 12.4 Å². The number of hydrogen-bond donors (Lipinski definition) is 1. The Morgan fingerprint density at radius 3 is 2.76 bits per heavy atom. The van der Waals surface area contributed by atoms with Crippen molar-refractivity contribution in [2.75, 3.05) is 30.4 Å². The van der Waals surface area contributed by atoms with Crippen LogP contribution in [0.15, 0.2) is 12.4 Å². The van der Waals surface area contributed by atoms with Crippen molar-refractivity contribution < 1.29 is 0 Å². The number of aromatic nitrogens is 2. The van der Waals surface area contributed by atoms with Gasteiger partial charge >= 0.3 is 0 Å². The fourth-order valence-electron chi connectivity index (χ4n) is 1.44. The van der Waals surface area contributed by atoms with Gasteiger partial charge in [0.25, 0.3) is 0 Å². The summed E-state index contributed by atoms with van der Waals surface area (Å²) < 4.78 is 0. The van der Waals surface area contributed by atoms with Crippen molar-refractivity contribution in [2.24, 2.45) is 5.92 Å². The molecule has 0 fully saturated rings. The number of hydrogen-bond acceptors (Lipinski definition) is 4. The number of nitrogens with one attached hydrogen (secondary N) is 1. The minimum Gasteiger partial charge on any atom is -0.369 e. The summed E-state index contributed by atoms with van der Waals surface area (Å²) in [5.74, 6) is 2.51. The number of nitrogens with zero attached hydrogens (tertiary/aromatic N) is 3. The van der Waals surface area contributed by atoms with E-state index in [1.807, 2.05) is 6.20 Å². The first-order valence-electron chi connectivity index (χ1n) is 6.40. The maximum atomic E-state index is 4.54. The average Bonchev–Trinajstić information content (AvgIpc) is 2.33. The Hall–Kier alpha value is -1.32. The molecule has 0 aliphatic rings. The molecule has 0 aromatic carbocycles. The van der Waals surface area contributed by atoms with Crippen LogP contribution < -0.4 is 10.2 Å². The van der Waals surface area contributed by atoms with Gasteiger partial charge in [-0.2, -0.15) is 0 Å². The van der Waals surface area contributed by atoms with Crippen LogP contribution in [0.25, 0.3) is 0 Å². The maximum absolute atomic E-state index is 4.54. The highest BCUT2D eigenvalue weighted by atomic mass is 15.2. The highest BCUT2D eigenvalue weighted by Gasteiger charge is 2.05. The molecule has 4 heteroatoms. The van der Waals surface area contributed by atoms with Crippen LogP contribution in [0.5, 0.6) is 0 Å². The van der Waals surface area contributed by atoms with E-state index in [-0.39, 0.29) is 0 Å². The second kappa shape index (κ2) is 7.09. The standard InChI is InChI=1S/C13H24N4/c1-5-7-15-12-9-14-10-13(16-12)17(4)8-6-11(2)3/h9-11H,5-8H2,1-4H3,(H,15,16). The fourth-order valence-corrected chi connectivity index (χ4v) is 1.44. The van der Waals surface area contributed by atoms with E-state index in [0.29, 0.717) is 5.92 Å². The van der Waals surface area contributed by atoms with Crippen LogP contribution >= 0.6 is 0 Å². The molecule has 0 aliphatic heterocycles. The normalized spacial score (nSPS) is 10.6. The molecule has 1 N–H and O–H groups in total. The summed E-state index contributed by atoms with van der Waals surface area (Å²) in [6.07, 6.45) is 5.85. The summed E-state index contributed by atoms with van der Waals surface area (Å²) in [5, 5.41) is 3.25. The molecule has 0 radical (unpaired) electrons. The van der Waals surface area contributed by atoms with Crippen molar-refractivity contribution in [3.05, 3.63) is 12.4 Å². The molecule has 0 amide bonds. The van der Waals surface area contributed by atoms with Gasteiger partial charge in [-0.15, -0.1) is 0 Å². The number of rotatable bonds is 7. The van der Waals surface area contributed by atoms with Gasteiger partial charge in [-0.3, -0.25) is 4.98 Å². The molecule has 1 aromatic rings. The maximum Gasteiger partial charge on any atom is 0.149 e. The predicted octanol–water partition coefficient (Wildman–Crippen LogP) is 2.78. The first-order chi connectivity index (χ1) is 8.13. The lowest BCUT2D eigenvalue weighted by molar-refractivity contribution is 0.583. The van der Waals surface area contributed by atoms with Gasteiger partial charge in [-0.25, -0.2) is 4.98 Å². The second-order valence-corrected chi connectivity index (χ2v) is 4.79. The van der Waals surface area contributed by atoms with E-state index in [4.69, 9.17) is 0 Å². The molecular weight excluding hydrogens is 212 g/mol. The highest BCUT2D eigenvalue weighted by molar-refractivity contribution is 5.43. The van der Waals surface area contributed by atoms with Crippen molar-refractivity contribution in [1.82, 2.24) is 9.97 Å². The van der Waals surface area contributed by atoms with Gasteiger partial charge in [-0.05, 0) is 18.8 Å². The van der Waals surface area contributed by atoms with Gasteiger partial charge in [-0.1, -0.05) is 20.8 Å². The quantitative estimate of drug-likeness (QED) is 0.790. The zero-order valence-corrected chi connectivity index (χ0v) is 11.4. The lowest BCUT2D eigenvalue weighted by Gasteiger charge is -2.19. The Morgan fingerprint density at radius 1 is 1.35 bits per heavy atom. The minimum absolute atomic E-state index is 0.715. The molecule has 96 valence electrons. The highest BCUT2D eigenvalue weighted by Crippen LogP contribution is 2.12. The Bertz CT molecular complexity index is 325. The van der Waals surface area contributed by atoms with Crippen LogP contribution in [0.2, 0.25) is 0 Å². The summed E-state index contributed by atoms with van der Waals surface area (Å²) in [4.78, 5) is 10.9. The van der Waals surface area contributed by atoms with Gasteiger partial charge in [0.2, 0.25) is 0 Å². The molecule has 0 atom stereocenters. The summed E-state index contributed by atoms with van der Waals surface area (Å²) in [6, 6.07) is 0. The average molecular weight is 236 g/mol. The molecule has 4 nitrogen and oxygen atoms in total. The lowest BCUT2D eigenvalue weighted by Crippen LogP contribution is -2.21. The fraction of sp³-hybridized carbons (Fsp3) is 0.692. The Labute approximate surface area is 104 Å². The third-order valence-corrected chi connectivity index (χ3v) is 2.61. The van der Waals surface area contributed by atoms with Crippen molar-refractivity contribution in [3.8, 4) is 0 Å². The smallest absolute Gasteiger partial charge is 0.149 e. The summed E-state index contributed by atoms with van der Waals surface area (Å²) in [5.41, 5.74) is 0.